The summed E-state index contributed by atoms with van der Waals surface area (Å²) in [5, 5.41) is 21.8. The first-order chi connectivity index (χ1) is 13.3. The van der Waals surface area contributed by atoms with E-state index in [-0.39, 0.29) is 0 Å². The zero-order valence-corrected chi connectivity index (χ0v) is 17.9. The highest BCUT2D eigenvalue weighted by Crippen LogP contribution is 2.32. The Morgan fingerprint density at radius 1 is 0.778 bits per heavy atom. The van der Waals surface area contributed by atoms with E-state index in [9.17, 15) is 0 Å². The van der Waals surface area contributed by atoms with Crippen molar-refractivity contribution in [1.29, 1.82) is 0 Å². The quantitative estimate of drug-likeness (QED) is 0.283. The minimum Gasteiger partial charge on any atom is -0.340 e. The van der Waals surface area contributed by atoms with Crippen LogP contribution in [0.1, 0.15) is 23.3 Å². The average molecular weight is 580 g/mol. The Kier molecular flexibility index (Phi) is 5.52. The molecule has 2 heterocycles. The highest BCUT2D eigenvalue weighted by Gasteiger charge is 2.22. The van der Waals surface area contributed by atoms with Gasteiger partial charge in [-0.1, -0.05) is 46.5 Å². The Morgan fingerprint density at radius 2 is 1.26 bits per heavy atom. The lowest BCUT2D eigenvalue weighted by Gasteiger charge is -2.19. The van der Waals surface area contributed by atoms with Crippen LogP contribution in [0.5, 0.6) is 0 Å². The highest BCUT2D eigenvalue weighted by atomic mass is 127. The second-order valence-corrected chi connectivity index (χ2v) is 6.56. The van der Waals surface area contributed by atoms with Crippen molar-refractivity contribution in [2.75, 3.05) is 0 Å². The number of hydrogen-bond acceptors (Lipinski definition) is 5. The summed E-state index contributed by atoms with van der Waals surface area (Å²) in [6, 6.07) is 11.5. The number of halogens is 2. The molecular formula is C18H10I2N6O. The van der Waals surface area contributed by atoms with E-state index in [1.54, 1.807) is 0 Å². The molecule has 2 atom stereocenters. The standard InChI is InChI=1S/C18H10I2N6O/c19-9-7-15(11-3-1-5-13-17(11)23-25-21-13)27-16(8-10-20)12-4-2-6-14-18(12)24-26-22-14/h1-6,15-16H,(H,21,23,25)(H,22,24,26). The Labute approximate surface area is 181 Å². The van der Waals surface area contributed by atoms with Gasteiger partial charge in [0, 0.05) is 56.3 Å². The molecule has 7 nitrogen and oxygen atoms in total. The van der Waals surface area contributed by atoms with Gasteiger partial charge in [-0.15, -0.1) is 10.2 Å². The number of fused-ring (bicyclic) bond motifs is 2. The predicted molar refractivity (Wildman–Crippen MR) is 118 cm³/mol. The lowest BCUT2D eigenvalue weighted by Crippen LogP contribution is -2.09. The van der Waals surface area contributed by atoms with Gasteiger partial charge in [-0.3, -0.25) is 10.2 Å². The predicted octanol–water partition coefficient (Wildman–Crippen LogP) is 3.82. The highest BCUT2D eigenvalue weighted by molar-refractivity contribution is 14.1. The molecule has 2 aromatic carbocycles. The fourth-order valence-electron chi connectivity index (χ4n) is 2.81. The topological polar surface area (TPSA) is 92.4 Å². The first-order valence-corrected chi connectivity index (χ1v) is 9.94. The van der Waals surface area contributed by atoms with Gasteiger partial charge >= 0.3 is 0 Å². The van der Waals surface area contributed by atoms with Crippen LogP contribution in [0.25, 0.3) is 22.1 Å². The molecule has 4 aromatic rings. The van der Waals surface area contributed by atoms with E-state index in [1.165, 1.54) is 0 Å². The van der Waals surface area contributed by atoms with Crippen LogP contribution < -0.4 is 0 Å². The minimum atomic E-state index is -0.528. The van der Waals surface area contributed by atoms with Gasteiger partial charge in [-0.2, -0.15) is 0 Å². The van der Waals surface area contributed by atoms with Gasteiger partial charge in [0.2, 0.25) is 0 Å². The molecule has 0 fully saturated rings. The number of aromatic amines is 2. The molecule has 0 bridgehead atoms. The first-order valence-electron chi connectivity index (χ1n) is 7.79. The Bertz CT molecular complexity index is 1130. The molecule has 9 heteroatoms. The van der Waals surface area contributed by atoms with Gasteiger partial charge in [-0.25, -0.2) is 0 Å². The summed E-state index contributed by atoms with van der Waals surface area (Å²) >= 11 is 4.00. The van der Waals surface area contributed by atoms with E-state index in [0.717, 1.165) is 33.2 Å². The molecule has 0 aliphatic heterocycles. The van der Waals surface area contributed by atoms with E-state index in [0.29, 0.717) is 0 Å². The number of hydrogen-bond donors (Lipinski definition) is 2. The maximum atomic E-state index is 6.34. The first kappa shape index (κ1) is 18.2. The van der Waals surface area contributed by atoms with E-state index in [1.807, 2.05) is 81.6 Å². The summed E-state index contributed by atoms with van der Waals surface area (Å²) < 4.78 is 12.2. The summed E-state index contributed by atoms with van der Waals surface area (Å²) in [6.45, 7) is 0. The molecule has 0 radical (unpaired) electrons. The normalized spacial score (nSPS) is 12.8. The molecule has 0 saturated carbocycles. The van der Waals surface area contributed by atoms with E-state index in [2.05, 4.69) is 50.5 Å². The van der Waals surface area contributed by atoms with Gasteiger partial charge < -0.3 is 4.74 Å². The van der Waals surface area contributed by atoms with Crippen LogP contribution in [0.15, 0.2) is 36.4 Å². The van der Waals surface area contributed by atoms with Gasteiger partial charge in [0.05, 0.1) is 11.0 Å². The zero-order valence-electron chi connectivity index (χ0n) is 13.6. The van der Waals surface area contributed by atoms with Crippen LogP contribution in [-0.4, -0.2) is 30.8 Å². The molecule has 0 aliphatic carbocycles. The van der Waals surface area contributed by atoms with Crippen LogP contribution in [0.2, 0.25) is 0 Å². The van der Waals surface area contributed by atoms with Crippen LogP contribution in [0.3, 0.4) is 0 Å². The van der Waals surface area contributed by atoms with Crippen molar-refractivity contribution in [3.05, 3.63) is 47.5 Å². The molecule has 2 N–H and O–H groups in total. The van der Waals surface area contributed by atoms with Crippen LogP contribution >= 0.6 is 45.2 Å². The molecule has 0 aliphatic rings. The van der Waals surface area contributed by atoms with Crippen molar-refractivity contribution in [3.63, 3.8) is 0 Å². The Morgan fingerprint density at radius 3 is 1.70 bits per heavy atom. The molecule has 0 amide bonds. The summed E-state index contributed by atoms with van der Waals surface area (Å²) in [4.78, 5) is 0. The van der Waals surface area contributed by atoms with E-state index in [4.69, 9.17) is 4.74 Å². The maximum absolute atomic E-state index is 6.34. The number of aromatic nitrogens is 6. The molecule has 2 aromatic heterocycles. The number of benzene rings is 2. The molecule has 132 valence electrons. The van der Waals surface area contributed by atoms with Gasteiger partial charge in [0.15, 0.2) is 0 Å². The second-order valence-electron chi connectivity index (χ2n) is 5.48. The van der Waals surface area contributed by atoms with Crippen molar-refractivity contribution in [2.45, 2.75) is 12.2 Å². The summed E-state index contributed by atoms with van der Waals surface area (Å²) in [5.41, 5.74) is 4.76. The van der Waals surface area contributed by atoms with Crippen molar-refractivity contribution in [2.24, 2.45) is 0 Å². The zero-order chi connectivity index (χ0) is 18.6. The monoisotopic (exact) mass is 580 g/mol. The number of nitrogens with one attached hydrogen (secondary N) is 2. The number of H-pyrrole nitrogens is 2. The van der Waals surface area contributed by atoms with Gasteiger partial charge in [0.25, 0.3) is 0 Å². The van der Waals surface area contributed by atoms with E-state index >= 15 is 0 Å². The largest absolute Gasteiger partial charge is 0.340 e. The Balaban J connectivity index is 1.78. The summed E-state index contributed by atoms with van der Waals surface area (Å²) in [6.07, 6.45) is -1.06. The smallest absolute Gasteiger partial charge is 0.148 e. The lowest BCUT2D eigenvalue weighted by molar-refractivity contribution is 0.0530. The molecule has 2 unspecified atom stereocenters. The molecular weight excluding hydrogens is 570 g/mol. The Hall–Kier alpha value is -2.22. The van der Waals surface area contributed by atoms with Crippen molar-refractivity contribution in [1.82, 2.24) is 30.8 Å². The maximum Gasteiger partial charge on any atom is 0.148 e. The van der Waals surface area contributed by atoms with Crippen molar-refractivity contribution < 1.29 is 4.74 Å². The summed E-state index contributed by atoms with van der Waals surface area (Å²) in [5.74, 6) is 6.20. The molecule has 0 spiro atoms. The van der Waals surface area contributed by atoms with Crippen LogP contribution in [0, 0.1) is 19.7 Å². The van der Waals surface area contributed by atoms with Crippen molar-refractivity contribution >= 4 is 67.2 Å². The number of rotatable bonds is 4. The number of ether oxygens (including phenoxy) is 1. The molecule has 4 rings (SSSR count). The molecule has 27 heavy (non-hydrogen) atoms. The fraction of sp³-hybridized carbons (Fsp3) is 0.111. The van der Waals surface area contributed by atoms with E-state index < -0.39 is 12.2 Å². The summed E-state index contributed by atoms with van der Waals surface area (Å²) in [7, 11) is 0. The third-order valence-electron chi connectivity index (χ3n) is 3.98. The van der Waals surface area contributed by atoms with Gasteiger partial charge in [-0.05, 0) is 20.0 Å². The second kappa shape index (κ2) is 8.21. The van der Waals surface area contributed by atoms with Crippen molar-refractivity contribution in [3.8, 4) is 19.7 Å². The fourth-order valence-corrected chi connectivity index (χ4v) is 3.38. The minimum absolute atomic E-state index is 0.528. The third kappa shape index (κ3) is 3.63. The van der Waals surface area contributed by atoms with Gasteiger partial charge in [0.1, 0.15) is 23.2 Å². The molecule has 0 saturated heterocycles. The SMILES string of the molecule is IC#CC(OC(C#CI)c1cccc2[nH]nnc12)c1cccc2[nH]nnc12. The number of nitrogens with zero attached hydrogens (tertiary/aromatic N) is 4. The third-order valence-corrected chi connectivity index (χ3v) is 4.61. The lowest BCUT2D eigenvalue weighted by atomic mass is 10.1. The average Bonchev–Trinajstić information content (AvgIpc) is 3.35. The van der Waals surface area contributed by atoms with Crippen LogP contribution in [0.4, 0.5) is 0 Å². The van der Waals surface area contributed by atoms with Crippen LogP contribution in [-0.2, 0) is 4.74 Å².